The standard InChI is InChI=1S/C12H16N2O3/c15-8-2-6-13-7-5-12(17)14(13)10-3-1-4-11(16)9-10/h1,3-4,9,15-16H,2,5-8H2. The molecule has 1 aliphatic rings. The predicted molar refractivity (Wildman–Crippen MR) is 63.5 cm³/mol. The Balaban J connectivity index is 2.18. The van der Waals surface area contributed by atoms with Crippen LogP contribution in [0, 0.1) is 0 Å². The number of phenols is 1. The topological polar surface area (TPSA) is 64.0 Å². The molecule has 5 nitrogen and oxygen atoms in total. The Kier molecular flexibility index (Phi) is 3.61. The molecule has 5 heteroatoms. The third-order valence-electron chi connectivity index (χ3n) is 2.75. The number of hydrogen-bond acceptors (Lipinski definition) is 4. The van der Waals surface area contributed by atoms with Crippen molar-refractivity contribution in [2.45, 2.75) is 12.8 Å². The second kappa shape index (κ2) is 5.16. The van der Waals surface area contributed by atoms with Crippen LogP contribution in [0.1, 0.15) is 12.8 Å². The molecule has 0 aromatic heterocycles. The lowest BCUT2D eigenvalue weighted by Crippen LogP contribution is -2.39. The first-order valence-electron chi connectivity index (χ1n) is 5.70. The van der Waals surface area contributed by atoms with E-state index in [1.165, 1.54) is 0 Å². The van der Waals surface area contributed by atoms with E-state index in [2.05, 4.69) is 0 Å². The number of nitrogens with zero attached hydrogens (tertiary/aromatic N) is 2. The van der Waals surface area contributed by atoms with Gasteiger partial charge in [-0.1, -0.05) is 6.07 Å². The van der Waals surface area contributed by atoms with Crippen LogP contribution in [-0.4, -0.2) is 40.8 Å². The third kappa shape index (κ3) is 2.57. The first-order valence-corrected chi connectivity index (χ1v) is 5.70. The van der Waals surface area contributed by atoms with Crippen LogP contribution in [0.3, 0.4) is 0 Å². The van der Waals surface area contributed by atoms with E-state index < -0.39 is 0 Å². The average Bonchev–Trinajstić information content (AvgIpc) is 2.68. The molecular formula is C12H16N2O3. The van der Waals surface area contributed by atoms with Crippen molar-refractivity contribution < 1.29 is 15.0 Å². The number of benzene rings is 1. The van der Waals surface area contributed by atoms with Crippen LogP contribution in [0.5, 0.6) is 5.75 Å². The number of hydrazine groups is 1. The molecule has 2 N–H and O–H groups in total. The fourth-order valence-electron chi connectivity index (χ4n) is 1.99. The van der Waals surface area contributed by atoms with Crippen LogP contribution in [0.25, 0.3) is 0 Å². The van der Waals surface area contributed by atoms with Gasteiger partial charge in [-0.3, -0.25) is 4.79 Å². The number of rotatable bonds is 4. The van der Waals surface area contributed by atoms with E-state index in [1.54, 1.807) is 29.3 Å². The Labute approximate surface area is 99.9 Å². The summed E-state index contributed by atoms with van der Waals surface area (Å²) in [6.07, 6.45) is 1.10. The summed E-state index contributed by atoms with van der Waals surface area (Å²) in [5.74, 6) is 0.165. The molecule has 0 aliphatic carbocycles. The molecule has 1 aliphatic heterocycles. The summed E-state index contributed by atoms with van der Waals surface area (Å²) >= 11 is 0. The molecule has 0 atom stereocenters. The van der Waals surface area contributed by atoms with Gasteiger partial charge in [-0.25, -0.2) is 10.0 Å². The van der Waals surface area contributed by atoms with Crippen molar-refractivity contribution >= 4 is 11.6 Å². The zero-order chi connectivity index (χ0) is 12.3. The number of amides is 1. The molecular weight excluding hydrogens is 220 g/mol. The van der Waals surface area contributed by atoms with Crippen molar-refractivity contribution in [2.75, 3.05) is 24.7 Å². The highest BCUT2D eigenvalue weighted by molar-refractivity contribution is 5.94. The second-order valence-electron chi connectivity index (χ2n) is 4.01. The monoisotopic (exact) mass is 236 g/mol. The molecule has 1 amide bonds. The minimum Gasteiger partial charge on any atom is -0.508 e. The average molecular weight is 236 g/mol. The van der Waals surface area contributed by atoms with Gasteiger partial charge in [0.05, 0.1) is 5.69 Å². The van der Waals surface area contributed by atoms with Gasteiger partial charge in [-0.2, -0.15) is 0 Å². The van der Waals surface area contributed by atoms with Gasteiger partial charge in [-0.05, 0) is 18.6 Å². The van der Waals surface area contributed by atoms with Crippen LogP contribution in [0.4, 0.5) is 5.69 Å². The summed E-state index contributed by atoms with van der Waals surface area (Å²) < 4.78 is 0. The quantitative estimate of drug-likeness (QED) is 0.809. The first-order chi connectivity index (χ1) is 8.22. The maximum atomic E-state index is 11.8. The fraction of sp³-hybridized carbons (Fsp3) is 0.417. The first kappa shape index (κ1) is 11.9. The lowest BCUT2D eigenvalue weighted by Gasteiger charge is -2.27. The van der Waals surface area contributed by atoms with E-state index >= 15 is 0 Å². The summed E-state index contributed by atoms with van der Waals surface area (Å²) in [5, 5.41) is 21.7. The Hall–Kier alpha value is -1.59. The lowest BCUT2D eigenvalue weighted by molar-refractivity contribution is -0.118. The maximum absolute atomic E-state index is 11.8. The molecule has 2 rings (SSSR count). The van der Waals surface area contributed by atoms with Crippen LogP contribution < -0.4 is 5.01 Å². The van der Waals surface area contributed by atoms with E-state index in [1.807, 2.05) is 5.01 Å². The van der Waals surface area contributed by atoms with Gasteiger partial charge in [0, 0.05) is 32.2 Å². The minimum atomic E-state index is 0.0218. The number of aliphatic hydroxyl groups is 1. The van der Waals surface area contributed by atoms with Crippen molar-refractivity contribution in [2.24, 2.45) is 0 Å². The number of carbonyl (C=O) groups excluding carboxylic acids is 1. The van der Waals surface area contributed by atoms with Crippen molar-refractivity contribution in [1.82, 2.24) is 5.01 Å². The molecule has 0 bridgehead atoms. The third-order valence-corrected chi connectivity index (χ3v) is 2.75. The zero-order valence-electron chi connectivity index (χ0n) is 9.54. The van der Waals surface area contributed by atoms with Crippen molar-refractivity contribution in [3.63, 3.8) is 0 Å². The summed E-state index contributed by atoms with van der Waals surface area (Å²) in [7, 11) is 0. The summed E-state index contributed by atoms with van der Waals surface area (Å²) in [6, 6.07) is 6.63. The molecule has 1 fully saturated rings. The molecule has 1 aromatic rings. The molecule has 17 heavy (non-hydrogen) atoms. The van der Waals surface area contributed by atoms with Crippen LogP contribution in [-0.2, 0) is 4.79 Å². The minimum absolute atomic E-state index is 0.0218. The predicted octanol–water partition coefficient (Wildman–Crippen LogP) is 0.728. The van der Waals surface area contributed by atoms with E-state index in [-0.39, 0.29) is 18.3 Å². The summed E-state index contributed by atoms with van der Waals surface area (Å²) in [6.45, 7) is 1.41. The van der Waals surface area contributed by atoms with Gasteiger partial charge in [0.15, 0.2) is 0 Å². The zero-order valence-corrected chi connectivity index (χ0v) is 9.54. The Morgan fingerprint density at radius 2 is 2.18 bits per heavy atom. The molecule has 1 aromatic carbocycles. The lowest BCUT2D eigenvalue weighted by atomic mass is 10.3. The number of hydrogen-bond donors (Lipinski definition) is 2. The van der Waals surface area contributed by atoms with Crippen LogP contribution in [0.2, 0.25) is 0 Å². The molecule has 0 saturated carbocycles. The molecule has 0 spiro atoms. The van der Waals surface area contributed by atoms with E-state index in [9.17, 15) is 9.90 Å². The Bertz CT molecular complexity index is 408. The summed E-state index contributed by atoms with van der Waals surface area (Å²) in [4.78, 5) is 11.8. The van der Waals surface area contributed by atoms with Crippen molar-refractivity contribution in [1.29, 1.82) is 0 Å². The largest absolute Gasteiger partial charge is 0.508 e. The fourth-order valence-corrected chi connectivity index (χ4v) is 1.99. The normalized spacial score (nSPS) is 16.8. The molecule has 1 saturated heterocycles. The van der Waals surface area contributed by atoms with E-state index in [4.69, 9.17) is 5.11 Å². The van der Waals surface area contributed by atoms with Crippen LogP contribution in [0.15, 0.2) is 24.3 Å². The second-order valence-corrected chi connectivity index (χ2v) is 4.01. The van der Waals surface area contributed by atoms with E-state index in [0.717, 1.165) is 0 Å². The smallest absolute Gasteiger partial charge is 0.242 e. The number of carbonyl (C=O) groups is 1. The van der Waals surface area contributed by atoms with Crippen molar-refractivity contribution in [3.8, 4) is 5.75 Å². The van der Waals surface area contributed by atoms with Gasteiger partial charge < -0.3 is 10.2 Å². The Morgan fingerprint density at radius 1 is 1.35 bits per heavy atom. The highest BCUT2D eigenvalue weighted by atomic mass is 16.3. The maximum Gasteiger partial charge on any atom is 0.242 e. The highest BCUT2D eigenvalue weighted by Crippen LogP contribution is 2.25. The van der Waals surface area contributed by atoms with Gasteiger partial charge >= 0.3 is 0 Å². The molecule has 1 heterocycles. The molecule has 0 unspecified atom stereocenters. The molecule has 0 radical (unpaired) electrons. The number of phenolic OH excluding ortho intramolecular Hbond substituents is 1. The summed E-state index contributed by atoms with van der Waals surface area (Å²) in [5.41, 5.74) is 0.672. The SMILES string of the molecule is O=C1CCN(CCCO)N1c1cccc(O)c1. The van der Waals surface area contributed by atoms with E-state index in [0.29, 0.717) is 31.6 Å². The number of aliphatic hydroxyl groups excluding tert-OH is 1. The van der Waals surface area contributed by atoms with Gasteiger partial charge in [0.2, 0.25) is 5.91 Å². The van der Waals surface area contributed by atoms with Gasteiger partial charge in [0.25, 0.3) is 0 Å². The van der Waals surface area contributed by atoms with Gasteiger partial charge in [-0.15, -0.1) is 0 Å². The van der Waals surface area contributed by atoms with Crippen molar-refractivity contribution in [3.05, 3.63) is 24.3 Å². The number of anilines is 1. The number of aromatic hydroxyl groups is 1. The highest BCUT2D eigenvalue weighted by Gasteiger charge is 2.29. The van der Waals surface area contributed by atoms with Gasteiger partial charge in [0.1, 0.15) is 5.75 Å². The molecule has 92 valence electrons. The van der Waals surface area contributed by atoms with Crippen LogP contribution >= 0.6 is 0 Å². The Morgan fingerprint density at radius 3 is 2.88 bits per heavy atom.